The molecular formula is C26H26ClF3N8O4. The number of nitrogens with one attached hydrogen (secondary N) is 2. The summed E-state index contributed by atoms with van der Waals surface area (Å²) in [7, 11) is 0. The lowest BCUT2D eigenvalue weighted by Gasteiger charge is -2.15. The molecule has 0 aliphatic carbocycles. The third-order valence-electron chi connectivity index (χ3n) is 6.71. The molecule has 0 spiro atoms. The summed E-state index contributed by atoms with van der Waals surface area (Å²) in [4.78, 5) is 30.3. The van der Waals surface area contributed by atoms with Gasteiger partial charge in [0.15, 0.2) is 17.8 Å². The van der Waals surface area contributed by atoms with E-state index in [2.05, 4.69) is 25.8 Å². The Kier molecular flexibility index (Phi) is 8.45. The molecule has 12 nitrogen and oxygen atoms in total. The Labute approximate surface area is 241 Å². The van der Waals surface area contributed by atoms with Gasteiger partial charge < -0.3 is 15.5 Å². The summed E-state index contributed by atoms with van der Waals surface area (Å²) in [5.74, 6) is -0.373. The number of para-hydroxylation sites is 1. The predicted octanol–water partition coefficient (Wildman–Crippen LogP) is 1.72. The van der Waals surface area contributed by atoms with Crippen LogP contribution in [0.2, 0.25) is 5.02 Å². The maximum atomic E-state index is 13.1. The second-order valence-electron chi connectivity index (χ2n) is 9.73. The summed E-state index contributed by atoms with van der Waals surface area (Å²) in [6, 6.07) is 12.6. The van der Waals surface area contributed by atoms with Crippen molar-refractivity contribution >= 4 is 17.5 Å². The number of hydrogen-bond acceptors (Lipinski definition) is 8. The van der Waals surface area contributed by atoms with Crippen molar-refractivity contribution in [1.82, 2.24) is 39.7 Å². The third kappa shape index (κ3) is 6.54. The SMILES string of the molecule is O=C(NC[C@@H]1CCC(O)N1)c1ccccc1-n1cnc(Cn2nc(-c3ccc(Cl)cc3)n(C[C@H](O)C(F)(F)F)c2=O)n1. The number of benzene rings is 2. The van der Waals surface area contributed by atoms with E-state index in [0.717, 1.165) is 15.7 Å². The molecule has 1 aliphatic heterocycles. The molecule has 42 heavy (non-hydrogen) atoms. The van der Waals surface area contributed by atoms with Crippen molar-refractivity contribution in [3.8, 4) is 17.1 Å². The molecule has 4 aromatic rings. The minimum absolute atomic E-state index is 0.0535. The zero-order valence-corrected chi connectivity index (χ0v) is 22.6. The highest BCUT2D eigenvalue weighted by Crippen LogP contribution is 2.24. The monoisotopic (exact) mass is 606 g/mol. The molecule has 3 heterocycles. The molecule has 1 unspecified atom stereocenters. The quantitative estimate of drug-likeness (QED) is 0.225. The summed E-state index contributed by atoms with van der Waals surface area (Å²) in [6.07, 6.45) is -5.68. The van der Waals surface area contributed by atoms with Crippen molar-refractivity contribution in [2.75, 3.05) is 6.54 Å². The first-order valence-corrected chi connectivity index (χ1v) is 13.3. The Morgan fingerprint density at radius 2 is 1.88 bits per heavy atom. The van der Waals surface area contributed by atoms with Gasteiger partial charge in [-0.1, -0.05) is 23.7 Å². The second kappa shape index (κ2) is 12.1. The van der Waals surface area contributed by atoms with Gasteiger partial charge >= 0.3 is 11.9 Å². The molecule has 2 aromatic heterocycles. The van der Waals surface area contributed by atoms with Gasteiger partial charge in [0.05, 0.1) is 17.8 Å². The van der Waals surface area contributed by atoms with Crippen molar-refractivity contribution in [1.29, 1.82) is 0 Å². The van der Waals surface area contributed by atoms with E-state index in [1.807, 2.05) is 0 Å². The zero-order chi connectivity index (χ0) is 30.0. The van der Waals surface area contributed by atoms with Gasteiger partial charge in [-0.25, -0.2) is 19.1 Å². The fourth-order valence-corrected chi connectivity index (χ4v) is 4.68. The van der Waals surface area contributed by atoms with Crippen molar-refractivity contribution in [2.45, 2.75) is 50.5 Å². The molecule has 0 bridgehead atoms. The van der Waals surface area contributed by atoms with Crippen molar-refractivity contribution in [2.24, 2.45) is 0 Å². The van der Waals surface area contributed by atoms with Gasteiger partial charge in [-0.3, -0.25) is 14.7 Å². The fraction of sp³-hybridized carbons (Fsp3) is 0.346. The minimum atomic E-state index is -4.95. The van der Waals surface area contributed by atoms with Crippen molar-refractivity contribution in [3.05, 3.63) is 81.8 Å². The van der Waals surface area contributed by atoms with Crippen LogP contribution in [0.25, 0.3) is 17.1 Å². The van der Waals surface area contributed by atoms with Crippen LogP contribution in [0.1, 0.15) is 29.0 Å². The smallest absolute Gasteiger partial charge is 0.382 e. The van der Waals surface area contributed by atoms with Crippen LogP contribution in [0, 0.1) is 0 Å². The summed E-state index contributed by atoms with van der Waals surface area (Å²) in [6.45, 7) is -1.05. The number of halogens is 4. The molecule has 3 atom stereocenters. The summed E-state index contributed by atoms with van der Waals surface area (Å²) < 4.78 is 42.4. The van der Waals surface area contributed by atoms with E-state index < -0.39 is 30.7 Å². The number of amides is 1. The number of carbonyl (C=O) groups is 1. The van der Waals surface area contributed by atoms with E-state index in [9.17, 15) is 33.0 Å². The van der Waals surface area contributed by atoms with E-state index in [1.54, 1.807) is 24.3 Å². The van der Waals surface area contributed by atoms with Crippen LogP contribution in [0.5, 0.6) is 0 Å². The molecule has 0 saturated carbocycles. The van der Waals surface area contributed by atoms with Gasteiger partial charge in [-0.2, -0.15) is 13.2 Å². The Hall–Kier alpha value is -4.05. The van der Waals surface area contributed by atoms with Crippen LogP contribution in [0.4, 0.5) is 13.2 Å². The predicted molar refractivity (Wildman–Crippen MR) is 144 cm³/mol. The van der Waals surface area contributed by atoms with Crippen LogP contribution < -0.4 is 16.3 Å². The average Bonchev–Trinajstić information content (AvgIpc) is 3.67. The number of rotatable bonds is 9. The normalized spacial score (nSPS) is 17.9. The molecule has 16 heteroatoms. The zero-order valence-electron chi connectivity index (χ0n) is 21.9. The highest BCUT2D eigenvalue weighted by molar-refractivity contribution is 6.30. The number of aliphatic hydroxyl groups is 2. The number of aromatic nitrogens is 6. The van der Waals surface area contributed by atoms with Gasteiger partial charge in [0.1, 0.15) is 19.1 Å². The first-order valence-electron chi connectivity index (χ1n) is 12.9. The Balaban J connectivity index is 1.39. The Morgan fingerprint density at radius 1 is 1.14 bits per heavy atom. The van der Waals surface area contributed by atoms with E-state index in [-0.39, 0.29) is 30.1 Å². The lowest BCUT2D eigenvalue weighted by molar-refractivity contribution is -0.207. The molecular weight excluding hydrogens is 581 g/mol. The van der Waals surface area contributed by atoms with Crippen LogP contribution in [0.3, 0.4) is 0 Å². The molecule has 1 aliphatic rings. The summed E-state index contributed by atoms with van der Waals surface area (Å²) in [5, 5.41) is 34.0. The number of aliphatic hydroxyl groups excluding tert-OH is 2. The van der Waals surface area contributed by atoms with E-state index in [0.29, 0.717) is 34.8 Å². The van der Waals surface area contributed by atoms with Gasteiger partial charge in [0.25, 0.3) is 5.91 Å². The largest absolute Gasteiger partial charge is 0.416 e. The molecule has 222 valence electrons. The number of hydrogen-bond donors (Lipinski definition) is 4. The highest BCUT2D eigenvalue weighted by atomic mass is 35.5. The second-order valence-corrected chi connectivity index (χ2v) is 10.2. The standard InChI is InChI=1S/C26H26ClF3N8O4/c27-16-7-5-15(6-8-16)23-35-37(25(42)36(23)12-20(39)26(28,29)30)13-21-32-14-38(34-21)19-4-2-1-3-18(19)24(41)31-11-17-9-10-22(40)33-17/h1-8,14,17,20,22,33,39-40H,9-13H2,(H,31,41)/t17-,20-,22?/m0/s1. The first kappa shape index (κ1) is 29.4. The molecule has 0 radical (unpaired) electrons. The molecule has 4 N–H and O–H groups in total. The highest BCUT2D eigenvalue weighted by Gasteiger charge is 2.39. The molecule has 2 aromatic carbocycles. The summed E-state index contributed by atoms with van der Waals surface area (Å²) >= 11 is 5.92. The van der Waals surface area contributed by atoms with Gasteiger partial charge in [-0.05, 0) is 49.2 Å². The fourth-order valence-electron chi connectivity index (χ4n) is 4.55. The van der Waals surface area contributed by atoms with Crippen molar-refractivity contribution < 1.29 is 28.2 Å². The molecule has 5 rings (SSSR count). The third-order valence-corrected chi connectivity index (χ3v) is 6.96. The molecule has 1 fully saturated rings. The van der Waals surface area contributed by atoms with Gasteiger partial charge in [-0.15, -0.1) is 10.2 Å². The average molecular weight is 607 g/mol. The topological polar surface area (TPSA) is 152 Å². The number of nitrogens with zero attached hydrogens (tertiary/aromatic N) is 6. The maximum absolute atomic E-state index is 13.1. The van der Waals surface area contributed by atoms with Gasteiger partial charge in [0.2, 0.25) is 0 Å². The summed E-state index contributed by atoms with van der Waals surface area (Å²) in [5.41, 5.74) is 0.108. The van der Waals surface area contributed by atoms with Crippen LogP contribution in [-0.2, 0) is 13.1 Å². The van der Waals surface area contributed by atoms with E-state index in [1.165, 1.54) is 35.3 Å². The number of carbonyl (C=O) groups excluding carboxylic acids is 1. The maximum Gasteiger partial charge on any atom is 0.416 e. The molecule has 1 saturated heterocycles. The van der Waals surface area contributed by atoms with Crippen LogP contribution in [-0.4, -0.2) is 76.3 Å². The van der Waals surface area contributed by atoms with Gasteiger partial charge in [0, 0.05) is 23.2 Å². The van der Waals surface area contributed by atoms with E-state index in [4.69, 9.17) is 11.6 Å². The van der Waals surface area contributed by atoms with E-state index >= 15 is 0 Å². The minimum Gasteiger partial charge on any atom is -0.382 e. The Bertz CT molecular complexity index is 1620. The van der Waals surface area contributed by atoms with Crippen LogP contribution >= 0.6 is 11.6 Å². The first-order chi connectivity index (χ1) is 20.0. The number of alkyl halides is 3. The Morgan fingerprint density at radius 3 is 2.57 bits per heavy atom. The van der Waals surface area contributed by atoms with Crippen LogP contribution in [0.15, 0.2) is 59.7 Å². The lowest BCUT2D eigenvalue weighted by atomic mass is 10.1. The van der Waals surface area contributed by atoms with Crippen molar-refractivity contribution in [3.63, 3.8) is 0 Å². The molecule has 1 amide bonds. The lowest BCUT2D eigenvalue weighted by Crippen LogP contribution is -2.39.